The lowest BCUT2D eigenvalue weighted by molar-refractivity contribution is -0.137. The molecule has 12 heteroatoms. The van der Waals surface area contributed by atoms with E-state index in [-0.39, 0.29) is 23.8 Å². The molecule has 1 amide bonds. The molecule has 7 nitrogen and oxygen atoms in total. The largest absolute Gasteiger partial charge is 0.416 e. The van der Waals surface area contributed by atoms with E-state index in [1.54, 1.807) is 32.9 Å². The van der Waals surface area contributed by atoms with Gasteiger partial charge in [0, 0.05) is 60.3 Å². The molecule has 0 saturated heterocycles. The molecule has 6 rings (SSSR count). The number of thiophene rings is 1. The normalized spacial score (nSPS) is 16.8. The third-order valence-corrected chi connectivity index (χ3v) is 10.1. The Hall–Kier alpha value is -3.61. The number of hydrogen-bond acceptors (Lipinski definition) is 7. The SMILES string of the molecule is Nc1ccc(-n2c(C3CCC3)nc3c(c2=O)C(S)N(C(=O)CCNCc2ccc(Cc4ccc(C(F)(F)F)cc4)s2)CC3)cc1. The molecule has 45 heavy (non-hydrogen) atoms. The smallest absolute Gasteiger partial charge is 0.399 e. The molecule has 1 aliphatic heterocycles. The highest BCUT2D eigenvalue weighted by Gasteiger charge is 2.35. The lowest BCUT2D eigenvalue weighted by atomic mass is 9.84. The molecule has 2 aromatic carbocycles. The summed E-state index contributed by atoms with van der Waals surface area (Å²) in [7, 11) is 0. The van der Waals surface area contributed by atoms with Crippen LogP contribution in [0.3, 0.4) is 0 Å². The highest BCUT2D eigenvalue weighted by molar-refractivity contribution is 7.80. The number of anilines is 1. The van der Waals surface area contributed by atoms with Crippen LogP contribution in [0.4, 0.5) is 18.9 Å². The maximum Gasteiger partial charge on any atom is 0.416 e. The van der Waals surface area contributed by atoms with Crippen molar-refractivity contribution < 1.29 is 18.0 Å². The molecule has 2 aliphatic rings. The predicted octanol–water partition coefficient (Wildman–Crippen LogP) is 6.25. The Bertz CT molecular complexity index is 1730. The Balaban J connectivity index is 1.07. The topological polar surface area (TPSA) is 93.2 Å². The van der Waals surface area contributed by atoms with Gasteiger partial charge in [0.2, 0.25) is 5.91 Å². The molecular formula is C33H34F3N5O2S2. The second kappa shape index (κ2) is 13.0. The van der Waals surface area contributed by atoms with Crippen LogP contribution in [0.25, 0.3) is 5.69 Å². The highest BCUT2D eigenvalue weighted by Crippen LogP contribution is 2.38. The lowest BCUT2D eigenvalue weighted by Gasteiger charge is -2.35. The number of nitrogen functional groups attached to an aromatic ring is 1. The van der Waals surface area contributed by atoms with Crippen molar-refractivity contribution in [3.8, 4) is 5.69 Å². The highest BCUT2D eigenvalue weighted by atomic mass is 32.1. The van der Waals surface area contributed by atoms with Crippen molar-refractivity contribution in [1.29, 1.82) is 0 Å². The number of rotatable bonds is 9. The van der Waals surface area contributed by atoms with Crippen LogP contribution in [0.1, 0.15) is 74.9 Å². The first-order valence-corrected chi connectivity index (χ1v) is 16.4. The maximum absolute atomic E-state index is 14.0. The molecular weight excluding hydrogens is 620 g/mol. The third-order valence-electron chi connectivity index (χ3n) is 8.50. The fourth-order valence-corrected chi connectivity index (χ4v) is 7.33. The predicted molar refractivity (Wildman–Crippen MR) is 173 cm³/mol. The second-order valence-electron chi connectivity index (χ2n) is 11.6. The average Bonchev–Trinajstić information content (AvgIpc) is 3.42. The van der Waals surface area contributed by atoms with E-state index in [1.807, 2.05) is 24.3 Å². The summed E-state index contributed by atoms with van der Waals surface area (Å²) in [6, 6.07) is 16.4. The average molecular weight is 654 g/mol. The number of aromatic nitrogens is 2. The molecule has 1 atom stereocenters. The van der Waals surface area contributed by atoms with Crippen LogP contribution in [0.2, 0.25) is 0 Å². The number of hydrogen-bond donors (Lipinski definition) is 3. The summed E-state index contributed by atoms with van der Waals surface area (Å²) in [4.78, 5) is 36.0. The van der Waals surface area contributed by atoms with Crippen molar-refractivity contribution in [3.63, 3.8) is 0 Å². The molecule has 0 radical (unpaired) electrons. The van der Waals surface area contributed by atoms with E-state index in [0.29, 0.717) is 49.4 Å². The zero-order valence-electron chi connectivity index (χ0n) is 24.5. The summed E-state index contributed by atoms with van der Waals surface area (Å²) in [5, 5.41) is 2.62. The minimum Gasteiger partial charge on any atom is -0.399 e. The van der Waals surface area contributed by atoms with Crippen molar-refractivity contribution in [2.24, 2.45) is 0 Å². The van der Waals surface area contributed by atoms with E-state index < -0.39 is 17.1 Å². The van der Waals surface area contributed by atoms with Gasteiger partial charge >= 0.3 is 6.18 Å². The Labute approximate surface area is 268 Å². The number of nitrogens with two attached hydrogens (primary N) is 1. The van der Waals surface area contributed by atoms with E-state index in [0.717, 1.165) is 58.2 Å². The molecule has 1 aliphatic carbocycles. The molecule has 1 unspecified atom stereocenters. The van der Waals surface area contributed by atoms with Gasteiger partial charge in [-0.05, 0) is 66.9 Å². The van der Waals surface area contributed by atoms with Crippen LogP contribution in [-0.2, 0) is 30.4 Å². The zero-order valence-corrected chi connectivity index (χ0v) is 26.2. The number of alkyl halides is 3. The van der Waals surface area contributed by atoms with Crippen LogP contribution in [0.5, 0.6) is 0 Å². The fourth-order valence-electron chi connectivity index (χ4n) is 5.80. The van der Waals surface area contributed by atoms with Crippen LogP contribution in [0.15, 0.2) is 65.5 Å². The van der Waals surface area contributed by atoms with Crippen molar-refractivity contribution >= 4 is 35.6 Å². The minimum atomic E-state index is -4.34. The minimum absolute atomic E-state index is 0.0937. The van der Waals surface area contributed by atoms with E-state index in [4.69, 9.17) is 23.3 Å². The molecule has 2 aromatic heterocycles. The first kappa shape index (κ1) is 31.4. The molecule has 0 spiro atoms. The summed E-state index contributed by atoms with van der Waals surface area (Å²) in [5.41, 5.74) is 8.36. The number of carbonyl (C=O) groups is 1. The number of fused-ring (bicyclic) bond motifs is 1. The molecule has 1 fully saturated rings. The van der Waals surface area contributed by atoms with E-state index in [9.17, 15) is 22.8 Å². The van der Waals surface area contributed by atoms with Gasteiger partial charge in [-0.1, -0.05) is 18.6 Å². The van der Waals surface area contributed by atoms with Gasteiger partial charge in [0.15, 0.2) is 0 Å². The van der Waals surface area contributed by atoms with Gasteiger partial charge < -0.3 is 16.0 Å². The maximum atomic E-state index is 14.0. The molecule has 3 N–H and O–H groups in total. The number of nitrogens with one attached hydrogen (secondary N) is 1. The van der Waals surface area contributed by atoms with Gasteiger partial charge in [-0.3, -0.25) is 14.2 Å². The van der Waals surface area contributed by atoms with Crippen LogP contribution in [-0.4, -0.2) is 33.4 Å². The van der Waals surface area contributed by atoms with E-state index >= 15 is 0 Å². The van der Waals surface area contributed by atoms with Gasteiger partial charge in [0.25, 0.3) is 5.56 Å². The van der Waals surface area contributed by atoms with Gasteiger partial charge in [-0.15, -0.1) is 24.0 Å². The van der Waals surface area contributed by atoms with Crippen molar-refractivity contribution in [2.75, 3.05) is 18.8 Å². The zero-order chi connectivity index (χ0) is 31.7. The number of nitrogens with zero attached hydrogens (tertiary/aromatic N) is 3. The lowest BCUT2D eigenvalue weighted by Crippen LogP contribution is -2.44. The number of benzene rings is 2. The van der Waals surface area contributed by atoms with E-state index in [1.165, 1.54) is 12.1 Å². The number of carbonyl (C=O) groups excluding carboxylic acids is 1. The third kappa shape index (κ3) is 6.83. The summed E-state index contributed by atoms with van der Waals surface area (Å²) in [6.45, 7) is 1.46. The number of amides is 1. The van der Waals surface area contributed by atoms with Gasteiger partial charge in [-0.2, -0.15) is 13.2 Å². The molecule has 1 saturated carbocycles. The Kier molecular flexibility index (Phi) is 9.07. The summed E-state index contributed by atoms with van der Waals surface area (Å²) in [5.74, 6) is 0.910. The fraction of sp³-hybridized carbons (Fsp3) is 0.364. The molecule has 4 aromatic rings. The Morgan fingerprint density at radius 3 is 2.42 bits per heavy atom. The standard InChI is InChI=1S/C33H34F3N5O2S2/c34-33(35,36)22-6-4-20(5-7-22)18-25-12-13-26(45-25)19-38-16-14-28(42)40-17-15-27-29(32(40)44)31(43)41(24-10-8-23(37)9-11-24)30(39-27)21-2-1-3-21/h4-13,21,32,38,44H,1-3,14-19,37H2. The second-order valence-corrected chi connectivity index (χ2v) is 13.3. The quantitative estimate of drug-likeness (QED) is 0.113. The molecule has 236 valence electrons. The van der Waals surface area contributed by atoms with Crippen molar-refractivity contribution in [1.82, 2.24) is 19.8 Å². The first-order valence-electron chi connectivity index (χ1n) is 15.0. The Morgan fingerprint density at radius 2 is 1.76 bits per heavy atom. The number of halogens is 3. The van der Waals surface area contributed by atoms with Gasteiger partial charge in [0.1, 0.15) is 11.2 Å². The summed E-state index contributed by atoms with van der Waals surface area (Å²) in [6.07, 6.45) is 0.0570. The van der Waals surface area contributed by atoms with Gasteiger partial charge in [0.05, 0.1) is 22.5 Å². The van der Waals surface area contributed by atoms with Crippen molar-refractivity contribution in [2.45, 2.75) is 62.5 Å². The van der Waals surface area contributed by atoms with Crippen LogP contribution in [0, 0.1) is 0 Å². The monoisotopic (exact) mass is 653 g/mol. The Morgan fingerprint density at radius 1 is 1.04 bits per heavy atom. The van der Waals surface area contributed by atoms with Crippen molar-refractivity contribution in [3.05, 3.63) is 109 Å². The van der Waals surface area contributed by atoms with E-state index in [2.05, 4.69) is 5.32 Å². The number of thiol groups is 1. The first-order chi connectivity index (χ1) is 21.6. The summed E-state index contributed by atoms with van der Waals surface area (Å²) < 4.78 is 40.2. The molecule has 3 heterocycles. The molecule has 0 bridgehead atoms. The van der Waals surface area contributed by atoms with Gasteiger partial charge in [-0.25, -0.2) is 4.98 Å². The summed E-state index contributed by atoms with van der Waals surface area (Å²) >= 11 is 6.35. The van der Waals surface area contributed by atoms with Crippen LogP contribution < -0.4 is 16.6 Å². The van der Waals surface area contributed by atoms with Crippen LogP contribution >= 0.6 is 24.0 Å².